The lowest BCUT2D eigenvalue weighted by molar-refractivity contribution is 0.0625. The van der Waals surface area contributed by atoms with E-state index in [4.69, 9.17) is 9.47 Å². The third-order valence-corrected chi connectivity index (χ3v) is 4.45. The number of aromatic nitrogens is 1. The topological polar surface area (TPSA) is 54.9 Å². The molecule has 2 heterocycles. The molecule has 6 heteroatoms. The second kappa shape index (κ2) is 7.98. The molecule has 6 nitrogen and oxygen atoms in total. The highest BCUT2D eigenvalue weighted by atomic mass is 16.5. The SMILES string of the molecule is COc1ccc(C(=O)N2CCN(Cc3ccncc3)CC2)c(OC)c1. The van der Waals surface area contributed by atoms with Crippen LogP contribution in [0.1, 0.15) is 15.9 Å². The summed E-state index contributed by atoms with van der Waals surface area (Å²) >= 11 is 0. The summed E-state index contributed by atoms with van der Waals surface area (Å²) in [4.78, 5) is 21.1. The van der Waals surface area contributed by atoms with E-state index in [1.54, 1.807) is 32.4 Å². The van der Waals surface area contributed by atoms with Crippen LogP contribution in [0.5, 0.6) is 11.5 Å². The van der Waals surface area contributed by atoms with Gasteiger partial charge in [0.15, 0.2) is 0 Å². The number of piperazine rings is 1. The van der Waals surface area contributed by atoms with Gasteiger partial charge in [-0.1, -0.05) is 0 Å². The lowest BCUT2D eigenvalue weighted by atomic mass is 10.1. The van der Waals surface area contributed by atoms with Crippen LogP contribution in [0.4, 0.5) is 0 Å². The van der Waals surface area contributed by atoms with Crippen molar-refractivity contribution in [3.63, 3.8) is 0 Å². The number of hydrogen-bond acceptors (Lipinski definition) is 5. The van der Waals surface area contributed by atoms with Gasteiger partial charge in [-0.2, -0.15) is 0 Å². The van der Waals surface area contributed by atoms with Gasteiger partial charge in [0.2, 0.25) is 0 Å². The molecule has 0 aliphatic carbocycles. The van der Waals surface area contributed by atoms with E-state index in [1.807, 2.05) is 29.4 Å². The molecule has 132 valence electrons. The highest BCUT2D eigenvalue weighted by Crippen LogP contribution is 2.26. The lowest BCUT2D eigenvalue weighted by Crippen LogP contribution is -2.48. The number of amides is 1. The van der Waals surface area contributed by atoms with E-state index < -0.39 is 0 Å². The second-order valence-electron chi connectivity index (χ2n) is 5.99. The Morgan fingerprint density at radius 2 is 1.76 bits per heavy atom. The van der Waals surface area contributed by atoms with E-state index in [-0.39, 0.29) is 5.91 Å². The first-order valence-corrected chi connectivity index (χ1v) is 8.34. The molecule has 1 aromatic heterocycles. The summed E-state index contributed by atoms with van der Waals surface area (Å²) in [6, 6.07) is 9.35. The predicted octanol–water partition coefficient (Wildman–Crippen LogP) is 2.06. The van der Waals surface area contributed by atoms with Crippen molar-refractivity contribution < 1.29 is 14.3 Å². The Bertz CT molecular complexity index is 713. The monoisotopic (exact) mass is 341 g/mol. The molecule has 3 rings (SSSR count). The fourth-order valence-corrected chi connectivity index (χ4v) is 3.00. The number of ether oxygens (including phenoxy) is 2. The molecule has 1 fully saturated rings. The van der Waals surface area contributed by atoms with Crippen LogP contribution in [-0.2, 0) is 6.54 Å². The Balaban J connectivity index is 1.62. The first-order valence-electron chi connectivity index (χ1n) is 8.34. The number of benzene rings is 1. The van der Waals surface area contributed by atoms with E-state index in [0.29, 0.717) is 30.2 Å². The van der Waals surface area contributed by atoms with Gasteiger partial charge in [-0.25, -0.2) is 0 Å². The first-order chi connectivity index (χ1) is 12.2. The zero-order valence-corrected chi connectivity index (χ0v) is 14.6. The quantitative estimate of drug-likeness (QED) is 0.833. The maximum absolute atomic E-state index is 12.8. The van der Waals surface area contributed by atoms with E-state index in [1.165, 1.54) is 5.56 Å². The summed E-state index contributed by atoms with van der Waals surface area (Å²) in [7, 11) is 3.16. The molecule has 0 N–H and O–H groups in total. The van der Waals surface area contributed by atoms with Crippen molar-refractivity contribution in [2.45, 2.75) is 6.54 Å². The van der Waals surface area contributed by atoms with Crippen LogP contribution in [0.2, 0.25) is 0 Å². The number of hydrogen-bond donors (Lipinski definition) is 0. The molecule has 0 saturated carbocycles. The van der Waals surface area contributed by atoms with Crippen LogP contribution < -0.4 is 9.47 Å². The molecule has 0 radical (unpaired) electrons. The third kappa shape index (κ3) is 4.09. The van der Waals surface area contributed by atoms with Gasteiger partial charge in [0.1, 0.15) is 11.5 Å². The van der Waals surface area contributed by atoms with Crippen molar-refractivity contribution in [2.75, 3.05) is 40.4 Å². The van der Waals surface area contributed by atoms with Crippen molar-refractivity contribution >= 4 is 5.91 Å². The number of nitrogens with zero attached hydrogens (tertiary/aromatic N) is 3. The van der Waals surface area contributed by atoms with E-state index in [9.17, 15) is 4.79 Å². The smallest absolute Gasteiger partial charge is 0.257 e. The molecule has 2 aromatic rings. The molecule has 0 atom stereocenters. The number of rotatable bonds is 5. The Morgan fingerprint density at radius 1 is 1.04 bits per heavy atom. The van der Waals surface area contributed by atoms with Crippen molar-refractivity contribution in [3.8, 4) is 11.5 Å². The normalized spacial score (nSPS) is 15.0. The fraction of sp³-hybridized carbons (Fsp3) is 0.368. The van der Waals surface area contributed by atoms with Crippen LogP contribution in [-0.4, -0.2) is 61.1 Å². The third-order valence-electron chi connectivity index (χ3n) is 4.45. The molecule has 0 bridgehead atoms. The average Bonchev–Trinajstić information content (AvgIpc) is 2.68. The van der Waals surface area contributed by atoms with Gasteiger partial charge in [0, 0.05) is 51.2 Å². The van der Waals surface area contributed by atoms with Gasteiger partial charge in [0.05, 0.1) is 19.8 Å². The summed E-state index contributed by atoms with van der Waals surface area (Å²) in [5.41, 5.74) is 1.82. The largest absolute Gasteiger partial charge is 0.497 e. The first kappa shape index (κ1) is 17.2. The van der Waals surface area contributed by atoms with E-state index in [0.717, 1.165) is 19.6 Å². The minimum absolute atomic E-state index is 0.00284. The molecule has 1 aliphatic rings. The minimum atomic E-state index is 0.00284. The van der Waals surface area contributed by atoms with Gasteiger partial charge in [0.25, 0.3) is 5.91 Å². The van der Waals surface area contributed by atoms with Crippen molar-refractivity contribution in [1.82, 2.24) is 14.8 Å². The van der Waals surface area contributed by atoms with Crippen LogP contribution in [0.15, 0.2) is 42.7 Å². The molecule has 1 aromatic carbocycles. The standard InChI is InChI=1S/C19H23N3O3/c1-24-16-3-4-17(18(13-16)25-2)19(23)22-11-9-21(10-12-22)14-15-5-7-20-8-6-15/h3-8,13H,9-12,14H2,1-2H3. The highest BCUT2D eigenvalue weighted by Gasteiger charge is 2.24. The summed E-state index contributed by atoms with van der Waals surface area (Å²) in [6.45, 7) is 4.01. The summed E-state index contributed by atoms with van der Waals surface area (Å²) in [5.74, 6) is 1.22. The summed E-state index contributed by atoms with van der Waals surface area (Å²) in [5, 5.41) is 0. The molecule has 1 saturated heterocycles. The molecule has 0 spiro atoms. The van der Waals surface area contributed by atoms with Gasteiger partial charge in [-0.15, -0.1) is 0 Å². The fourth-order valence-electron chi connectivity index (χ4n) is 3.00. The predicted molar refractivity (Wildman–Crippen MR) is 95.0 cm³/mol. The number of carbonyl (C=O) groups is 1. The Labute approximate surface area is 148 Å². The zero-order chi connectivity index (χ0) is 17.6. The minimum Gasteiger partial charge on any atom is -0.497 e. The second-order valence-corrected chi connectivity index (χ2v) is 5.99. The van der Waals surface area contributed by atoms with Gasteiger partial charge in [-0.05, 0) is 29.8 Å². The maximum Gasteiger partial charge on any atom is 0.257 e. The molecular weight excluding hydrogens is 318 g/mol. The van der Waals surface area contributed by atoms with Crippen LogP contribution in [0, 0.1) is 0 Å². The molecular formula is C19H23N3O3. The lowest BCUT2D eigenvalue weighted by Gasteiger charge is -2.35. The van der Waals surface area contributed by atoms with Crippen molar-refractivity contribution in [3.05, 3.63) is 53.9 Å². The highest BCUT2D eigenvalue weighted by molar-refractivity contribution is 5.97. The van der Waals surface area contributed by atoms with E-state index in [2.05, 4.69) is 9.88 Å². The Kier molecular flexibility index (Phi) is 5.50. The summed E-state index contributed by atoms with van der Waals surface area (Å²) in [6.07, 6.45) is 3.62. The molecule has 1 amide bonds. The van der Waals surface area contributed by atoms with Crippen molar-refractivity contribution in [2.24, 2.45) is 0 Å². The molecule has 0 unspecified atom stereocenters. The number of pyridine rings is 1. The van der Waals surface area contributed by atoms with Gasteiger partial charge >= 0.3 is 0 Å². The maximum atomic E-state index is 12.8. The van der Waals surface area contributed by atoms with E-state index >= 15 is 0 Å². The molecule has 1 aliphatic heterocycles. The Hall–Kier alpha value is -2.60. The van der Waals surface area contributed by atoms with Crippen LogP contribution in [0.3, 0.4) is 0 Å². The number of methoxy groups -OCH3 is 2. The average molecular weight is 341 g/mol. The van der Waals surface area contributed by atoms with Gasteiger partial charge < -0.3 is 14.4 Å². The van der Waals surface area contributed by atoms with Gasteiger partial charge in [-0.3, -0.25) is 14.7 Å². The van der Waals surface area contributed by atoms with Crippen LogP contribution in [0.25, 0.3) is 0 Å². The molecule has 25 heavy (non-hydrogen) atoms. The summed E-state index contributed by atoms with van der Waals surface area (Å²) < 4.78 is 10.5. The zero-order valence-electron chi connectivity index (χ0n) is 14.6. The van der Waals surface area contributed by atoms with Crippen molar-refractivity contribution in [1.29, 1.82) is 0 Å². The van der Waals surface area contributed by atoms with Crippen LogP contribution >= 0.6 is 0 Å². The number of carbonyl (C=O) groups excluding carboxylic acids is 1. The Morgan fingerprint density at radius 3 is 2.40 bits per heavy atom.